The van der Waals surface area contributed by atoms with Gasteiger partial charge in [0.1, 0.15) is 5.75 Å². The van der Waals surface area contributed by atoms with Crippen LogP contribution < -0.4 is 27.1 Å². The molecule has 200 valence electrons. The Morgan fingerprint density at radius 2 is 1.76 bits per heavy atom. The summed E-state index contributed by atoms with van der Waals surface area (Å²) in [5.41, 5.74) is -0.538. The van der Waals surface area contributed by atoms with E-state index in [1.54, 1.807) is 48.5 Å². The number of amides is 1. The average Bonchev–Trinajstić information content (AvgIpc) is 2.89. The maximum atomic E-state index is 13.6. The zero-order chi connectivity index (χ0) is 27.8. The van der Waals surface area contributed by atoms with Gasteiger partial charge in [-0.3, -0.25) is 19.0 Å². The Labute approximate surface area is 222 Å². The van der Waals surface area contributed by atoms with E-state index in [1.165, 1.54) is 7.11 Å². The molecular weight excluding hydrogens is 516 g/mol. The lowest BCUT2D eigenvalue weighted by Gasteiger charge is -2.15. The molecule has 38 heavy (non-hydrogen) atoms. The van der Waals surface area contributed by atoms with Crippen molar-refractivity contribution in [3.8, 4) is 5.75 Å². The minimum atomic E-state index is -0.931. The van der Waals surface area contributed by atoms with Crippen LogP contribution in [0.25, 0.3) is 0 Å². The third kappa shape index (κ3) is 6.85. The maximum Gasteiger partial charge on any atom is 0.307 e. The molecule has 0 saturated carbocycles. The highest BCUT2D eigenvalue weighted by Gasteiger charge is 2.24. The van der Waals surface area contributed by atoms with Gasteiger partial charge in [0.25, 0.3) is 11.5 Å². The number of nitrogens with two attached hydrogens (primary N) is 1. The largest absolute Gasteiger partial charge is 0.491 e. The number of nitrogens with one attached hydrogen (secondary N) is 1. The lowest BCUT2D eigenvalue weighted by Crippen LogP contribution is -2.47. The standard InChI is InChI=1S/C25H27ClN6O6/c1-15(2)38-19-10-8-18(9-11-19)29-25-31(14-16-4-6-17(26)7-5-16)24(35)21(22(30-36)32(25)27)23(34)28-13-12-20(33)37-3/h4-11,15H,12-14,27H2,1-3H3,(H,28,34)/b29-25-. The zero-order valence-electron chi connectivity index (χ0n) is 21.0. The van der Waals surface area contributed by atoms with Crippen molar-refractivity contribution in [3.05, 3.63) is 85.6 Å². The summed E-state index contributed by atoms with van der Waals surface area (Å²) in [4.78, 5) is 54.1. The van der Waals surface area contributed by atoms with Crippen LogP contribution in [0.1, 0.15) is 36.2 Å². The lowest BCUT2D eigenvalue weighted by atomic mass is 10.2. The van der Waals surface area contributed by atoms with E-state index in [4.69, 9.17) is 22.2 Å². The summed E-state index contributed by atoms with van der Waals surface area (Å²) < 4.78 is 12.1. The molecule has 0 atom stereocenters. The first-order valence-corrected chi connectivity index (χ1v) is 11.9. The van der Waals surface area contributed by atoms with E-state index in [2.05, 4.69) is 20.2 Å². The summed E-state index contributed by atoms with van der Waals surface area (Å²) in [7, 11) is 1.21. The summed E-state index contributed by atoms with van der Waals surface area (Å²) in [6.07, 6.45) is -0.168. The highest BCUT2D eigenvalue weighted by Crippen LogP contribution is 2.19. The summed E-state index contributed by atoms with van der Waals surface area (Å²) in [6.45, 7) is 3.60. The summed E-state index contributed by atoms with van der Waals surface area (Å²) in [5.74, 6) is 4.69. The van der Waals surface area contributed by atoms with Crippen molar-refractivity contribution in [2.45, 2.75) is 32.9 Å². The van der Waals surface area contributed by atoms with Gasteiger partial charge < -0.3 is 20.6 Å². The summed E-state index contributed by atoms with van der Waals surface area (Å²) in [5, 5.41) is 5.75. The molecule has 0 aliphatic heterocycles. The van der Waals surface area contributed by atoms with E-state index < -0.39 is 28.8 Å². The number of ether oxygens (including phenoxy) is 2. The molecule has 12 nitrogen and oxygen atoms in total. The number of nitroso groups, excluding NO2 is 1. The minimum absolute atomic E-state index is 0.0268. The van der Waals surface area contributed by atoms with Gasteiger partial charge in [-0.05, 0) is 61.0 Å². The number of esters is 1. The highest BCUT2D eigenvalue weighted by atomic mass is 35.5. The number of halogens is 1. The SMILES string of the molecule is COC(=O)CCNC(=O)c1c(N=O)n(N)/c(=N\c2ccc(OC(C)C)cc2)n(Cc2ccc(Cl)cc2)c1=O. The molecule has 3 aromatic rings. The molecule has 0 aliphatic carbocycles. The van der Waals surface area contributed by atoms with Gasteiger partial charge in [0.2, 0.25) is 11.4 Å². The number of aromatic nitrogens is 2. The smallest absolute Gasteiger partial charge is 0.307 e. The number of hydrogen-bond acceptors (Lipinski definition) is 9. The number of carbonyl (C=O) groups excluding carboxylic acids is 2. The molecule has 0 saturated heterocycles. The second-order valence-corrected chi connectivity index (χ2v) is 8.77. The topological polar surface area (TPSA) is 159 Å². The monoisotopic (exact) mass is 542 g/mol. The van der Waals surface area contributed by atoms with Gasteiger partial charge in [0.05, 0.1) is 31.9 Å². The number of methoxy groups -OCH3 is 1. The van der Waals surface area contributed by atoms with Gasteiger partial charge in [-0.1, -0.05) is 23.7 Å². The number of carbonyl (C=O) groups is 2. The first kappa shape index (κ1) is 28.1. The zero-order valence-corrected chi connectivity index (χ0v) is 21.8. The van der Waals surface area contributed by atoms with E-state index in [-0.39, 0.29) is 31.2 Å². The number of rotatable bonds is 10. The Morgan fingerprint density at radius 1 is 1.11 bits per heavy atom. The van der Waals surface area contributed by atoms with Crippen molar-refractivity contribution in [1.82, 2.24) is 14.6 Å². The van der Waals surface area contributed by atoms with Crippen LogP contribution in [-0.2, 0) is 16.1 Å². The van der Waals surface area contributed by atoms with Crippen LogP contribution in [0.15, 0.2) is 63.5 Å². The average molecular weight is 543 g/mol. The van der Waals surface area contributed by atoms with Crippen molar-refractivity contribution >= 4 is 35.0 Å². The summed E-state index contributed by atoms with van der Waals surface area (Å²) >= 11 is 5.99. The highest BCUT2D eigenvalue weighted by molar-refractivity contribution is 6.30. The van der Waals surface area contributed by atoms with Gasteiger partial charge in [-0.25, -0.2) is 9.67 Å². The predicted molar refractivity (Wildman–Crippen MR) is 141 cm³/mol. The van der Waals surface area contributed by atoms with Gasteiger partial charge in [-0.15, -0.1) is 4.91 Å². The third-order valence-corrected chi connectivity index (χ3v) is 5.47. The first-order chi connectivity index (χ1) is 18.1. The Balaban J connectivity index is 2.17. The molecule has 0 aliphatic rings. The molecule has 0 bridgehead atoms. The Hall–Kier alpha value is -4.45. The van der Waals surface area contributed by atoms with E-state index >= 15 is 0 Å². The fourth-order valence-corrected chi connectivity index (χ4v) is 3.57. The van der Waals surface area contributed by atoms with Crippen LogP contribution in [-0.4, -0.2) is 40.9 Å². The number of nitrogen functional groups attached to an aromatic ring is 1. The molecule has 0 unspecified atom stereocenters. The van der Waals surface area contributed by atoms with E-state index in [0.717, 1.165) is 9.24 Å². The van der Waals surface area contributed by atoms with E-state index in [0.29, 0.717) is 22.0 Å². The minimum Gasteiger partial charge on any atom is -0.491 e. The van der Waals surface area contributed by atoms with Gasteiger partial charge in [0, 0.05) is 11.6 Å². The normalized spacial score (nSPS) is 11.3. The van der Waals surface area contributed by atoms with E-state index in [1.807, 2.05) is 13.8 Å². The Kier molecular flexibility index (Phi) is 9.39. The van der Waals surface area contributed by atoms with Crippen molar-refractivity contribution in [1.29, 1.82) is 0 Å². The summed E-state index contributed by atoms with van der Waals surface area (Å²) in [6, 6.07) is 13.4. The number of benzene rings is 2. The molecule has 13 heteroatoms. The molecular formula is C25H27ClN6O6. The number of hydrogen-bond donors (Lipinski definition) is 2. The molecule has 2 aromatic carbocycles. The second kappa shape index (κ2) is 12.7. The molecule has 3 N–H and O–H groups in total. The Bertz CT molecular complexity index is 1450. The molecule has 1 amide bonds. The Morgan fingerprint density at radius 3 is 2.34 bits per heavy atom. The molecule has 1 heterocycles. The van der Waals surface area contributed by atoms with Crippen LogP contribution in [0.2, 0.25) is 5.02 Å². The number of nitrogens with zero attached hydrogens (tertiary/aromatic N) is 4. The van der Waals surface area contributed by atoms with Gasteiger partial charge in [0.15, 0.2) is 5.56 Å². The maximum absolute atomic E-state index is 13.6. The van der Waals surface area contributed by atoms with Gasteiger partial charge in [-0.2, -0.15) is 0 Å². The molecule has 1 aromatic heterocycles. The van der Waals surface area contributed by atoms with Crippen molar-refractivity contribution in [3.63, 3.8) is 0 Å². The first-order valence-electron chi connectivity index (χ1n) is 11.5. The van der Waals surface area contributed by atoms with Crippen LogP contribution in [0, 0.1) is 4.91 Å². The lowest BCUT2D eigenvalue weighted by molar-refractivity contribution is -0.140. The van der Waals surface area contributed by atoms with Gasteiger partial charge >= 0.3 is 5.97 Å². The van der Waals surface area contributed by atoms with Crippen molar-refractivity contribution in [2.75, 3.05) is 19.5 Å². The fraction of sp³-hybridized carbons (Fsp3) is 0.280. The van der Waals surface area contributed by atoms with E-state index in [9.17, 15) is 19.3 Å². The van der Waals surface area contributed by atoms with Crippen molar-refractivity contribution < 1.29 is 19.1 Å². The molecule has 0 radical (unpaired) electrons. The molecule has 0 spiro atoms. The molecule has 3 rings (SSSR count). The van der Waals surface area contributed by atoms with Crippen LogP contribution in [0.4, 0.5) is 11.5 Å². The van der Waals surface area contributed by atoms with Crippen LogP contribution >= 0.6 is 11.6 Å². The predicted octanol–water partition coefficient (Wildman–Crippen LogP) is 2.78. The fourth-order valence-electron chi connectivity index (χ4n) is 3.44. The van der Waals surface area contributed by atoms with Crippen molar-refractivity contribution in [2.24, 2.45) is 10.2 Å². The molecule has 0 fully saturated rings. The third-order valence-electron chi connectivity index (χ3n) is 5.22. The quantitative estimate of drug-likeness (QED) is 0.226. The van der Waals surface area contributed by atoms with Crippen LogP contribution in [0.3, 0.4) is 0 Å². The second-order valence-electron chi connectivity index (χ2n) is 8.33. The van der Waals surface area contributed by atoms with Crippen LogP contribution in [0.5, 0.6) is 5.75 Å².